The zero-order valence-corrected chi connectivity index (χ0v) is 12.4. The molecule has 0 saturated carbocycles. The summed E-state index contributed by atoms with van der Waals surface area (Å²) < 4.78 is 5.27. The van der Waals surface area contributed by atoms with Crippen LogP contribution in [0, 0.1) is 0 Å². The van der Waals surface area contributed by atoms with Gasteiger partial charge in [0.1, 0.15) is 5.75 Å². The number of carbonyl (C=O) groups is 1. The Bertz CT molecular complexity index is 791. The second-order valence-electron chi connectivity index (χ2n) is 4.62. The van der Waals surface area contributed by atoms with Crippen LogP contribution in [0.5, 0.6) is 5.75 Å². The Kier molecular flexibility index (Phi) is 3.93. The van der Waals surface area contributed by atoms with Crippen molar-refractivity contribution in [1.29, 1.82) is 0 Å². The summed E-state index contributed by atoms with van der Waals surface area (Å²) in [4.78, 5) is 13.3. The molecule has 3 aromatic carbocycles. The lowest BCUT2D eigenvalue weighted by atomic mass is 10.1. The molecular weight excluding hydrogens is 280 g/mol. The topological polar surface area (TPSA) is 26.3 Å². The van der Waals surface area contributed by atoms with Crippen molar-refractivity contribution in [2.45, 2.75) is 16.7 Å². The molecule has 0 fully saturated rings. The molecule has 104 valence electrons. The van der Waals surface area contributed by atoms with E-state index in [1.54, 1.807) is 11.8 Å². The van der Waals surface area contributed by atoms with Gasteiger partial charge in [-0.15, -0.1) is 0 Å². The molecule has 0 amide bonds. The molecule has 2 nitrogen and oxygen atoms in total. The van der Waals surface area contributed by atoms with Gasteiger partial charge in [-0.1, -0.05) is 60.3 Å². The van der Waals surface area contributed by atoms with Gasteiger partial charge in [0.2, 0.25) is 0 Å². The number of benzene rings is 3. The van der Waals surface area contributed by atoms with Crippen molar-refractivity contribution in [3.8, 4) is 5.75 Å². The first-order valence-corrected chi connectivity index (χ1v) is 7.49. The average molecular weight is 294 g/mol. The maximum atomic E-state index is 11.2. The normalized spacial score (nSPS) is 10.5. The molecule has 3 heteroatoms. The van der Waals surface area contributed by atoms with Gasteiger partial charge in [-0.2, -0.15) is 0 Å². The van der Waals surface area contributed by atoms with E-state index in [1.165, 1.54) is 17.7 Å². The van der Waals surface area contributed by atoms with Crippen molar-refractivity contribution in [2.75, 3.05) is 0 Å². The monoisotopic (exact) mass is 294 g/mol. The van der Waals surface area contributed by atoms with Crippen molar-refractivity contribution >= 4 is 28.5 Å². The van der Waals surface area contributed by atoms with Crippen molar-refractivity contribution in [3.05, 3.63) is 66.7 Å². The quantitative estimate of drug-likeness (QED) is 0.507. The summed E-state index contributed by atoms with van der Waals surface area (Å²) in [5.41, 5.74) is 0. The Labute approximate surface area is 127 Å². The van der Waals surface area contributed by atoms with Crippen LogP contribution in [0.1, 0.15) is 6.92 Å². The lowest BCUT2D eigenvalue weighted by Crippen LogP contribution is -2.02. The molecule has 0 bridgehead atoms. The van der Waals surface area contributed by atoms with Gasteiger partial charge in [-0.05, 0) is 29.0 Å². The zero-order chi connectivity index (χ0) is 14.7. The highest BCUT2D eigenvalue weighted by Gasteiger charge is 2.09. The maximum absolute atomic E-state index is 11.2. The molecule has 0 heterocycles. The summed E-state index contributed by atoms with van der Waals surface area (Å²) in [6.45, 7) is 1.42. The van der Waals surface area contributed by atoms with Crippen molar-refractivity contribution in [2.24, 2.45) is 0 Å². The maximum Gasteiger partial charge on any atom is 0.308 e. The van der Waals surface area contributed by atoms with E-state index in [4.69, 9.17) is 4.74 Å². The molecule has 0 saturated heterocycles. The molecule has 0 unspecified atom stereocenters. The van der Waals surface area contributed by atoms with Crippen LogP contribution < -0.4 is 4.74 Å². The second-order valence-corrected chi connectivity index (χ2v) is 5.70. The largest absolute Gasteiger partial charge is 0.426 e. The van der Waals surface area contributed by atoms with E-state index in [9.17, 15) is 4.79 Å². The van der Waals surface area contributed by atoms with Crippen LogP contribution in [0.3, 0.4) is 0 Å². The highest BCUT2D eigenvalue weighted by Crippen LogP contribution is 2.38. The van der Waals surface area contributed by atoms with Gasteiger partial charge < -0.3 is 4.74 Å². The van der Waals surface area contributed by atoms with Crippen LogP contribution in [0.4, 0.5) is 0 Å². The minimum Gasteiger partial charge on any atom is -0.426 e. The SMILES string of the molecule is CC(=O)Oc1ccccc1Sc1cccc2ccccc12. The molecular formula is C18H14O2S. The third-order valence-electron chi connectivity index (χ3n) is 3.07. The lowest BCUT2D eigenvalue weighted by molar-refractivity contribution is -0.132. The lowest BCUT2D eigenvalue weighted by Gasteiger charge is -2.10. The van der Waals surface area contributed by atoms with Gasteiger partial charge in [-0.3, -0.25) is 4.79 Å². The molecule has 0 atom stereocenters. The van der Waals surface area contributed by atoms with Crippen LogP contribution in [0.25, 0.3) is 10.8 Å². The van der Waals surface area contributed by atoms with Gasteiger partial charge >= 0.3 is 5.97 Å². The summed E-state index contributed by atoms with van der Waals surface area (Å²) in [6.07, 6.45) is 0. The number of para-hydroxylation sites is 1. The minimum absolute atomic E-state index is 0.305. The van der Waals surface area contributed by atoms with Crippen molar-refractivity contribution < 1.29 is 9.53 Å². The zero-order valence-electron chi connectivity index (χ0n) is 11.6. The molecule has 0 spiro atoms. The Morgan fingerprint density at radius 2 is 1.52 bits per heavy atom. The smallest absolute Gasteiger partial charge is 0.308 e. The number of hydrogen-bond donors (Lipinski definition) is 0. The fourth-order valence-electron chi connectivity index (χ4n) is 2.18. The molecule has 3 aromatic rings. The summed E-state index contributed by atoms with van der Waals surface area (Å²) in [5, 5.41) is 2.40. The van der Waals surface area contributed by atoms with Gasteiger partial charge in [0.25, 0.3) is 0 Å². The fraction of sp³-hybridized carbons (Fsp3) is 0.0556. The number of fused-ring (bicyclic) bond motifs is 1. The number of rotatable bonds is 3. The molecule has 0 radical (unpaired) electrons. The third kappa shape index (κ3) is 3.09. The molecule has 0 aliphatic heterocycles. The summed E-state index contributed by atoms with van der Waals surface area (Å²) in [5.74, 6) is 0.295. The second kappa shape index (κ2) is 6.02. The van der Waals surface area contributed by atoms with Crippen molar-refractivity contribution in [1.82, 2.24) is 0 Å². The van der Waals surface area contributed by atoms with Crippen LogP contribution in [-0.2, 0) is 4.79 Å². The predicted octanol–water partition coefficient (Wildman–Crippen LogP) is 4.92. The van der Waals surface area contributed by atoms with Gasteiger partial charge in [0, 0.05) is 11.8 Å². The van der Waals surface area contributed by atoms with Crippen LogP contribution in [0.2, 0.25) is 0 Å². The van der Waals surface area contributed by atoms with Gasteiger partial charge in [0.05, 0.1) is 4.90 Å². The highest BCUT2D eigenvalue weighted by atomic mass is 32.2. The third-order valence-corrected chi connectivity index (χ3v) is 4.21. The van der Waals surface area contributed by atoms with E-state index in [-0.39, 0.29) is 5.97 Å². The number of carbonyl (C=O) groups excluding carboxylic acids is 1. The molecule has 0 N–H and O–H groups in total. The highest BCUT2D eigenvalue weighted by molar-refractivity contribution is 7.99. The number of esters is 1. The summed E-state index contributed by atoms with van der Waals surface area (Å²) in [7, 11) is 0. The summed E-state index contributed by atoms with van der Waals surface area (Å²) in [6, 6.07) is 22.1. The predicted molar refractivity (Wildman–Crippen MR) is 85.8 cm³/mol. The van der Waals surface area contributed by atoms with Crippen LogP contribution in [0.15, 0.2) is 76.5 Å². The first kappa shape index (κ1) is 13.7. The van der Waals surface area contributed by atoms with E-state index >= 15 is 0 Å². The summed E-state index contributed by atoms with van der Waals surface area (Å²) >= 11 is 1.61. The van der Waals surface area contributed by atoms with E-state index in [0.29, 0.717) is 5.75 Å². The molecule has 3 rings (SSSR count). The molecule has 0 aliphatic carbocycles. The van der Waals surface area contributed by atoms with E-state index in [0.717, 1.165) is 9.79 Å². The van der Waals surface area contributed by atoms with Crippen LogP contribution >= 0.6 is 11.8 Å². The minimum atomic E-state index is -0.305. The molecule has 0 aromatic heterocycles. The van der Waals surface area contributed by atoms with Crippen LogP contribution in [-0.4, -0.2) is 5.97 Å². The van der Waals surface area contributed by atoms with E-state index in [1.807, 2.05) is 42.5 Å². The fourth-order valence-corrected chi connectivity index (χ4v) is 3.21. The Morgan fingerprint density at radius 3 is 2.38 bits per heavy atom. The number of ether oxygens (including phenoxy) is 1. The molecule has 0 aliphatic rings. The molecule has 21 heavy (non-hydrogen) atoms. The van der Waals surface area contributed by atoms with Gasteiger partial charge in [0.15, 0.2) is 0 Å². The standard InChI is InChI=1S/C18H14O2S/c1-13(19)20-16-10-4-5-11-18(16)21-17-12-6-8-14-7-2-3-9-15(14)17/h2-12H,1H3. The average Bonchev–Trinajstić information content (AvgIpc) is 2.49. The van der Waals surface area contributed by atoms with E-state index in [2.05, 4.69) is 24.3 Å². The Morgan fingerprint density at radius 1 is 0.857 bits per heavy atom. The first-order valence-electron chi connectivity index (χ1n) is 6.67. The van der Waals surface area contributed by atoms with Gasteiger partial charge in [-0.25, -0.2) is 0 Å². The van der Waals surface area contributed by atoms with Crippen molar-refractivity contribution in [3.63, 3.8) is 0 Å². The van der Waals surface area contributed by atoms with E-state index < -0.39 is 0 Å². The number of hydrogen-bond acceptors (Lipinski definition) is 3. The Hall–Kier alpha value is -2.26. The first-order chi connectivity index (χ1) is 10.2. The Balaban J connectivity index is 2.01.